The van der Waals surface area contributed by atoms with Gasteiger partial charge in [-0.2, -0.15) is 18.3 Å². The van der Waals surface area contributed by atoms with E-state index >= 15 is 0 Å². The lowest BCUT2D eigenvalue weighted by molar-refractivity contribution is -0.137. The number of nitrogens with one attached hydrogen (secondary N) is 1. The highest BCUT2D eigenvalue weighted by molar-refractivity contribution is 7.93. The zero-order chi connectivity index (χ0) is 24.0. The van der Waals surface area contributed by atoms with Crippen LogP contribution in [0.5, 0.6) is 5.75 Å². The maximum atomic E-state index is 13.4. The molecule has 0 saturated carbocycles. The standard InChI is InChI=1S/C21H19F3N4O4S/c1-13-17(12-27(2)26-13)20(29)25-15-5-8-18-19(11-15)33(30,31)28(9-10-32-18)16-6-3-14(4-7-16)21(22,23)24/h3-8,11-12H,9-10H2,1-2H3,(H,25,29). The molecule has 0 radical (unpaired) electrons. The molecule has 12 heteroatoms. The molecule has 0 saturated heterocycles. The van der Waals surface area contributed by atoms with E-state index in [9.17, 15) is 26.4 Å². The van der Waals surface area contributed by atoms with Crippen molar-refractivity contribution in [1.82, 2.24) is 9.78 Å². The zero-order valence-electron chi connectivity index (χ0n) is 17.5. The number of benzene rings is 2. The van der Waals surface area contributed by atoms with Gasteiger partial charge in [0.05, 0.1) is 29.1 Å². The van der Waals surface area contributed by atoms with Gasteiger partial charge in [0.1, 0.15) is 17.3 Å². The number of aromatic nitrogens is 2. The van der Waals surface area contributed by atoms with Crippen molar-refractivity contribution >= 4 is 27.3 Å². The van der Waals surface area contributed by atoms with E-state index in [4.69, 9.17) is 4.74 Å². The van der Waals surface area contributed by atoms with Crippen LogP contribution in [-0.4, -0.2) is 37.3 Å². The summed E-state index contributed by atoms with van der Waals surface area (Å²) in [5.74, 6) is -0.382. The SMILES string of the molecule is Cc1nn(C)cc1C(=O)Nc1ccc2c(c1)S(=O)(=O)N(c1ccc(C(F)(F)F)cc1)CCO2. The third kappa shape index (κ3) is 4.38. The molecule has 33 heavy (non-hydrogen) atoms. The summed E-state index contributed by atoms with van der Waals surface area (Å²) in [7, 11) is -2.52. The fourth-order valence-electron chi connectivity index (χ4n) is 3.49. The topological polar surface area (TPSA) is 93.5 Å². The first-order valence-electron chi connectivity index (χ1n) is 9.75. The van der Waals surface area contributed by atoms with Gasteiger partial charge in [0.25, 0.3) is 15.9 Å². The summed E-state index contributed by atoms with van der Waals surface area (Å²) in [6.07, 6.45) is -2.99. The molecule has 174 valence electrons. The Morgan fingerprint density at radius 1 is 1.15 bits per heavy atom. The molecule has 0 bridgehead atoms. The molecule has 2 heterocycles. The summed E-state index contributed by atoms with van der Waals surface area (Å²) in [6, 6.07) is 8.04. The summed E-state index contributed by atoms with van der Waals surface area (Å²) < 4.78 is 73.4. The smallest absolute Gasteiger partial charge is 0.416 e. The van der Waals surface area contributed by atoms with E-state index in [2.05, 4.69) is 10.4 Å². The lowest BCUT2D eigenvalue weighted by Gasteiger charge is -2.22. The van der Waals surface area contributed by atoms with E-state index in [1.54, 1.807) is 20.2 Å². The molecule has 2 aromatic carbocycles. The van der Waals surface area contributed by atoms with Gasteiger partial charge < -0.3 is 10.1 Å². The summed E-state index contributed by atoms with van der Waals surface area (Å²) in [6.45, 7) is 1.57. The maximum Gasteiger partial charge on any atom is 0.416 e. The van der Waals surface area contributed by atoms with Crippen LogP contribution in [0.1, 0.15) is 21.6 Å². The van der Waals surface area contributed by atoms with Crippen molar-refractivity contribution in [2.24, 2.45) is 7.05 Å². The van der Waals surface area contributed by atoms with Crippen molar-refractivity contribution in [2.45, 2.75) is 18.0 Å². The van der Waals surface area contributed by atoms with E-state index in [1.165, 1.54) is 22.9 Å². The number of nitrogens with zero attached hydrogens (tertiary/aromatic N) is 3. The molecule has 1 aliphatic heterocycles. The molecule has 8 nitrogen and oxygen atoms in total. The van der Waals surface area contributed by atoms with E-state index in [0.717, 1.165) is 28.6 Å². The predicted octanol–water partition coefficient (Wildman–Crippen LogP) is 3.59. The summed E-state index contributed by atoms with van der Waals surface area (Å²) in [5.41, 5.74) is 0.237. The number of hydrogen-bond acceptors (Lipinski definition) is 5. The number of carbonyl (C=O) groups is 1. The van der Waals surface area contributed by atoms with Crippen LogP contribution in [0.25, 0.3) is 0 Å². The van der Waals surface area contributed by atoms with Crippen LogP contribution in [0.4, 0.5) is 24.5 Å². The summed E-state index contributed by atoms with van der Waals surface area (Å²) in [4.78, 5) is 12.4. The minimum Gasteiger partial charge on any atom is -0.490 e. The highest BCUT2D eigenvalue weighted by atomic mass is 32.2. The highest BCUT2D eigenvalue weighted by Gasteiger charge is 2.34. The predicted molar refractivity (Wildman–Crippen MR) is 114 cm³/mol. The fraction of sp³-hybridized carbons (Fsp3) is 0.238. The van der Waals surface area contributed by atoms with Crippen molar-refractivity contribution in [3.8, 4) is 5.75 Å². The van der Waals surface area contributed by atoms with Gasteiger partial charge in [-0.25, -0.2) is 8.42 Å². The molecule has 1 aliphatic rings. The molecule has 3 aromatic rings. The summed E-state index contributed by atoms with van der Waals surface area (Å²) >= 11 is 0. The number of fused-ring (bicyclic) bond motifs is 1. The quantitative estimate of drug-likeness (QED) is 0.619. The van der Waals surface area contributed by atoms with Crippen molar-refractivity contribution in [3.05, 3.63) is 65.5 Å². The van der Waals surface area contributed by atoms with E-state index in [-0.39, 0.29) is 35.2 Å². The van der Waals surface area contributed by atoms with Crippen LogP contribution in [0, 0.1) is 6.92 Å². The molecule has 4 rings (SSSR count). The number of alkyl halides is 3. The molecule has 0 atom stereocenters. The third-order valence-corrected chi connectivity index (χ3v) is 6.91. The maximum absolute atomic E-state index is 13.4. The van der Waals surface area contributed by atoms with E-state index < -0.39 is 27.7 Å². The monoisotopic (exact) mass is 480 g/mol. The number of hydrogen-bond donors (Lipinski definition) is 1. The van der Waals surface area contributed by atoms with Crippen LogP contribution in [0.3, 0.4) is 0 Å². The molecule has 0 fully saturated rings. The van der Waals surface area contributed by atoms with Gasteiger partial charge in [0, 0.05) is 18.9 Å². The lowest BCUT2D eigenvalue weighted by Crippen LogP contribution is -2.32. The van der Waals surface area contributed by atoms with Crippen molar-refractivity contribution < 1.29 is 31.1 Å². The Morgan fingerprint density at radius 3 is 2.45 bits per heavy atom. The number of halogens is 3. The van der Waals surface area contributed by atoms with Crippen molar-refractivity contribution in [2.75, 3.05) is 22.8 Å². The number of carbonyl (C=O) groups excluding carboxylic acids is 1. The molecule has 0 unspecified atom stereocenters. The summed E-state index contributed by atoms with van der Waals surface area (Å²) in [5, 5.41) is 6.75. The second-order valence-electron chi connectivity index (χ2n) is 7.39. The second kappa shape index (κ2) is 8.10. The molecule has 1 N–H and O–H groups in total. The van der Waals surface area contributed by atoms with Crippen LogP contribution in [-0.2, 0) is 23.2 Å². The number of sulfonamides is 1. The van der Waals surface area contributed by atoms with Gasteiger partial charge in [-0.3, -0.25) is 13.8 Å². The first-order chi connectivity index (χ1) is 15.5. The van der Waals surface area contributed by atoms with Crippen LogP contribution in [0.2, 0.25) is 0 Å². The fourth-order valence-corrected chi connectivity index (χ4v) is 5.10. The normalized spacial score (nSPS) is 15.4. The van der Waals surface area contributed by atoms with Crippen molar-refractivity contribution in [3.63, 3.8) is 0 Å². The Kier molecular flexibility index (Phi) is 5.56. The minimum absolute atomic E-state index is 0.00611. The zero-order valence-corrected chi connectivity index (χ0v) is 18.4. The first-order valence-corrected chi connectivity index (χ1v) is 11.2. The average Bonchev–Trinajstić information content (AvgIpc) is 3.02. The highest BCUT2D eigenvalue weighted by Crippen LogP contribution is 2.36. The number of amides is 1. The van der Waals surface area contributed by atoms with Crippen LogP contribution >= 0.6 is 0 Å². The molecular weight excluding hydrogens is 461 g/mol. The van der Waals surface area contributed by atoms with Gasteiger partial charge in [0.2, 0.25) is 0 Å². The Hall–Kier alpha value is -3.54. The Bertz CT molecular complexity index is 1320. The van der Waals surface area contributed by atoms with Crippen molar-refractivity contribution in [1.29, 1.82) is 0 Å². The van der Waals surface area contributed by atoms with Crippen LogP contribution in [0.15, 0.2) is 53.6 Å². The van der Waals surface area contributed by atoms with Gasteiger partial charge in [-0.05, 0) is 49.4 Å². The molecule has 1 aromatic heterocycles. The molecule has 1 amide bonds. The minimum atomic E-state index is -4.54. The van der Waals surface area contributed by atoms with Gasteiger partial charge in [-0.15, -0.1) is 0 Å². The number of rotatable bonds is 3. The largest absolute Gasteiger partial charge is 0.490 e. The van der Waals surface area contributed by atoms with Gasteiger partial charge in [-0.1, -0.05) is 0 Å². The Labute approximate surface area is 187 Å². The van der Waals surface area contributed by atoms with E-state index in [0.29, 0.717) is 11.3 Å². The second-order valence-corrected chi connectivity index (χ2v) is 9.22. The van der Waals surface area contributed by atoms with Gasteiger partial charge in [0.15, 0.2) is 0 Å². The number of aryl methyl sites for hydroxylation is 2. The lowest BCUT2D eigenvalue weighted by atomic mass is 10.2. The first kappa shape index (κ1) is 22.6. The van der Waals surface area contributed by atoms with Crippen LogP contribution < -0.4 is 14.4 Å². The molecule has 0 spiro atoms. The van der Waals surface area contributed by atoms with Gasteiger partial charge >= 0.3 is 6.18 Å². The Balaban J connectivity index is 1.67. The molecular formula is C21H19F3N4O4S. The third-order valence-electron chi connectivity index (χ3n) is 5.06. The van der Waals surface area contributed by atoms with E-state index in [1.807, 2.05) is 0 Å². The number of ether oxygens (including phenoxy) is 1. The molecule has 0 aliphatic carbocycles. The number of anilines is 2. The average molecular weight is 480 g/mol. The Morgan fingerprint density at radius 2 is 1.85 bits per heavy atom.